The van der Waals surface area contributed by atoms with Crippen LogP contribution in [0, 0.1) is 0 Å². The van der Waals surface area contributed by atoms with E-state index in [1.807, 2.05) is 42.6 Å². The van der Waals surface area contributed by atoms with Gasteiger partial charge >= 0.3 is 0 Å². The molecule has 0 aliphatic carbocycles. The third kappa shape index (κ3) is 3.79. The van der Waals surface area contributed by atoms with E-state index in [1.54, 1.807) is 0 Å². The summed E-state index contributed by atoms with van der Waals surface area (Å²) in [7, 11) is 0. The van der Waals surface area contributed by atoms with Crippen LogP contribution in [0.3, 0.4) is 0 Å². The molecule has 5 heteroatoms. The van der Waals surface area contributed by atoms with Crippen molar-refractivity contribution in [2.75, 3.05) is 0 Å². The molecule has 5 aromatic heterocycles. The normalized spacial score (nSPS) is 11.7. The van der Waals surface area contributed by atoms with Gasteiger partial charge in [-0.15, -0.1) is 0 Å². The summed E-state index contributed by atoms with van der Waals surface area (Å²) in [6, 6.07) is 44.0. The van der Waals surface area contributed by atoms with E-state index in [-0.39, 0.29) is 0 Å². The summed E-state index contributed by atoms with van der Waals surface area (Å²) in [4.78, 5) is 19.8. The highest BCUT2D eigenvalue weighted by molar-refractivity contribution is 6.09. The molecule has 0 fully saturated rings. The topological polar surface area (TPSA) is 56.0 Å². The zero-order chi connectivity index (χ0) is 28.3. The first-order valence-corrected chi connectivity index (χ1v) is 14.3. The Bertz CT molecular complexity index is 2510. The number of fused-ring (bicyclic) bond motifs is 8. The number of para-hydroxylation sites is 1. The van der Waals surface area contributed by atoms with Crippen molar-refractivity contribution in [2.45, 2.75) is 0 Å². The summed E-state index contributed by atoms with van der Waals surface area (Å²) >= 11 is 0. The molecule has 0 saturated carbocycles. The zero-order valence-electron chi connectivity index (χ0n) is 23.0. The number of imidazole rings is 1. The van der Waals surface area contributed by atoms with Crippen LogP contribution in [0.15, 0.2) is 140 Å². The largest absolute Gasteiger partial charge is 0.298 e. The molecular formula is C38H23N5. The van der Waals surface area contributed by atoms with Crippen molar-refractivity contribution >= 4 is 49.4 Å². The van der Waals surface area contributed by atoms with E-state index in [4.69, 9.17) is 15.0 Å². The molecule has 0 atom stereocenters. The van der Waals surface area contributed by atoms with Crippen LogP contribution in [0.4, 0.5) is 0 Å². The predicted molar refractivity (Wildman–Crippen MR) is 175 cm³/mol. The second-order valence-electron chi connectivity index (χ2n) is 10.8. The number of benzene rings is 4. The van der Waals surface area contributed by atoms with Crippen LogP contribution >= 0.6 is 0 Å². The van der Waals surface area contributed by atoms with Crippen molar-refractivity contribution in [2.24, 2.45) is 0 Å². The molecule has 0 bridgehead atoms. The maximum atomic E-state index is 5.12. The Hall–Kier alpha value is -5.94. The molecule has 0 amide bonds. The molecule has 9 aromatic rings. The fourth-order valence-corrected chi connectivity index (χ4v) is 6.12. The Morgan fingerprint density at radius 1 is 0.488 bits per heavy atom. The van der Waals surface area contributed by atoms with Crippen molar-refractivity contribution < 1.29 is 0 Å². The molecule has 43 heavy (non-hydrogen) atoms. The number of nitrogens with zero attached hydrogens (tertiary/aromatic N) is 5. The Morgan fingerprint density at radius 3 is 2.21 bits per heavy atom. The van der Waals surface area contributed by atoms with E-state index in [1.165, 1.54) is 0 Å². The lowest BCUT2D eigenvalue weighted by Crippen LogP contribution is -1.92. The van der Waals surface area contributed by atoms with E-state index < -0.39 is 0 Å². The molecule has 0 radical (unpaired) electrons. The monoisotopic (exact) mass is 549 g/mol. The molecule has 5 nitrogen and oxygen atoms in total. The van der Waals surface area contributed by atoms with Gasteiger partial charge in [0, 0.05) is 39.7 Å². The molecule has 9 rings (SSSR count). The van der Waals surface area contributed by atoms with Crippen LogP contribution < -0.4 is 0 Å². The van der Waals surface area contributed by atoms with Gasteiger partial charge in [0.05, 0.1) is 33.5 Å². The number of pyridine rings is 4. The molecule has 0 spiro atoms. The molecule has 0 aliphatic rings. The highest BCUT2D eigenvalue weighted by Crippen LogP contribution is 2.35. The fraction of sp³-hybridized carbons (Fsp3) is 0. The first-order chi connectivity index (χ1) is 21.3. The molecule has 0 saturated heterocycles. The van der Waals surface area contributed by atoms with Gasteiger partial charge < -0.3 is 0 Å². The van der Waals surface area contributed by atoms with Gasteiger partial charge in [0.25, 0.3) is 0 Å². The van der Waals surface area contributed by atoms with Crippen LogP contribution in [-0.2, 0) is 0 Å². The molecule has 0 aliphatic heterocycles. The average Bonchev–Trinajstić information content (AvgIpc) is 3.48. The minimum absolute atomic E-state index is 0.913. The van der Waals surface area contributed by atoms with E-state index in [2.05, 4.69) is 107 Å². The quantitative estimate of drug-likeness (QED) is 0.206. The van der Waals surface area contributed by atoms with Gasteiger partial charge in [-0.25, -0.2) is 15.0 Å². The van der Waals surface area contributed by atoms with Crippen LogP contribution in [-0.4, -0.2) is 24.3 Å². The van der Waals surface area contributed by atoms with E-state index in [0.29, 0.717) is 0 Å². The van der Waals surface area contributed by atoms with Gasteiger partial charge in [-0.1, -0.05) is 91.0 Å². The van der Waals surface area contributed by atoms with Gasteiger partial charge in [-0.05, 0) is 47.5 Å². The Kier molecular flexibility index (Phi) is 5.13. The lowest BCUT2D eigenvalue weighted by molar-refractivity contribution is 1.22. The van der Waals surface area contributed by atoms with E-state index in [9.17, 15) is 0 Å². The lowest BCUT2D eigenvalue weighted by atomic mass is 9.99. The summed E-state index contributed by atoms with van der Waals surface area (Å²) < 4.78 is 2.14. The molecular weight excluding hydrogens is 526 g/mol. The van der Waals surface area contributed by atoms with E-state index in [0.717, 1.165) is 83.0 Å². The highest BCUT2D eigenvalue weighted by Gasteiger charge is 2.16. The molecule has 4 aromatic carbocycles. The van der Waals surface area contributed by atoms with Crippen LogP contribution in [0.25, 0.3) is 83.0 Å². The van der Waals surface area contributed by atoms with Crippen molar-refractivity contribution in [3.63, 3.8) is 0 Å². The lowest BCUT2D eigenvalue weighted by Gasteiger charge is -2.10. The maximum absolute atomic E-state index is 5.12. The first kappa shape index (κ1) is 23.7. The van der Waals surface area contributed by atoms with Gasteiger partial charge in [0.1, 0.15) is 11.2 Å². The van der Waals surface area contributed by atoms with Crippen molar-refractivity contribution in [3.8, 4) is 33.6 Å². The Balaban J connectivity index is 1.14. The minimum atomic E-state index is 0.913. The molecule has 0 N–H and O–H groups in total. The fourth-order valence-electron chi connectivity index (χ4n) is 6.12. The second-order valence-corrected chi connectivity index (χ2v) is 10.8. The molecule has 0 unspecified atom stereocenters. The molecule has 5 heterocycles. The summed E-state index contributed by atoms with van der Waals surface area (Å²) in [5, 5.41) is 3.24. The Labute approximate surface area is 246 Å². The number of aromatic nitrogens is 5. The van der Waals surface area contributed by atoms with Crippen LogP contribution in [0.5, 0.6) is 0 Å². The first-order valence-electron chi connectivity index (χ1n) is 14.3. The maximum Gasteiger partial charge on any atom is 0.137 e. The van der Waals surface area contributed by atoms with Gasteiger partial charge in [-0.2, -0.15) is 0 Å². The van der Waals surface area contributed by atoms with Crippen LogP contribution in [0.1, 0.15) is 0 Å². The number of hydrogen-bond donors (Lipinski definition) is 0. The smallest absolute Gasteiger partial charge is 0.137 e. The predicted octanol–water partition coefficient (Wildman–Crippen LogP) is 9.13. The van der Waals surface area contributed by atoms with Gasteiger partial charge in [-0.3, -0.25) is 9.38 Å². The average molecular weight is 550 g/mol. The number of hydrogen-bond acceptors (Lipinski definition) is 4. The van der Waals surface area contributed by atoms with Crippen LogP contribution in [0.2, 0.25) is 0 Å². The second kappa shape index (κ2) is 9.29. The van der Waals surface area contributed by atoms with Crippen molar-refractivity contribution in [1.29, 1.82) is 0 Å². The van der Waals surface area contributed by atoms with Crippen molar-refractivity contribution in [1.82, 2.24) is 24.3 Å². The Morgan fingerprint density at radius 2 is 1.28 bits per heavy atom. The minimum Gasteiger partial charge on any atom is -0.298 e. The van der Waals surface area contributed by atoms with E-state index >= 15 is 0 Å². The third-order valence-electron chi connectivity index (χ3n) is 8.23. The zero-order valence-corrected chi connectivity index (χ0v) is 23.0. The van der Waals surface area contributed by atoms with Gasteiger partial charge in [0.15, 0.2) is 0 Å². The van der Waals surface area contributed by atoms with Gasteiger partial charge in [0.2, 0.25) is 0 Å². The summed E-state index contributed by atoms with van der Waals surface area (Å²) in [5.74, 6) is 0. The summed E-state index contributed by atoms with van der Waals surface area (Å²) in [6.45, 7) is 0. The summed E-state index contributed by atoms with van der Waals surface area (Å²) in [5.41, 5.74) is 11.9. The number of rotatable bonds is 3. The van der Waals surface area contributed by atoms with Crippen molar-refractivity contribution in [3.05, 3.63) is 140 Å². The third-order valence-corrected chi connectivity index (χ3v) is 8.23. The standard InChI is InChI=1S/C38H23N5/c1-2-11-32-30(10-1)37-38(43-22-4-3-12-33(43)42-37)36(41-32)27-15-13-24(14-16-27)28-7-5-8-29(23-28)31-20-19-26-18-17-25-9-6-21-39-34(25)35(26)40-31/h1-23H. The SMILES string of the molecule is c1cc(-c2ccc(-c3nc4ccccc4c4nc5ccccn5c34)cc2)cc(-c2ccc3ccc4cccnc4c3n2)c1. The highest BCUT2D eigenvalue weighted by atomic mass is 15.0. The summed E-state index contributed by atoms with van der Waals surface area (Å²) in [6.07, 6.45) is 3.89. The molecule has 200 valence electrons.